The number of fused-ring (bicyclic) bond motifs is 4. The van der Waals surface area contributed by atoms with Crippen molar-refractivity contribution in [3.05, 3.63) is 164 Å². The summed E-state index contributed by atoms with van der Waals surface area (Å²) in [5.41, 5.74) is 8.84. The molecule has 4 nitrogen and oxygen atoms in total. The number of furan rings is 1. The van der Waals surface area contributed by atoms with Gasteiger partial charge in [0.25, 0.3) is 0 Å². The second-order valence-electron chi connectivity index (χ2n) is 11.7. The third-order valence-electron chi connectivity index (χ3n) is 8.70. The third kappa shape index (κ3) is 4.93. The van der Waals surface area contributed by atoms with Crippen molar-refractivity contribution in [2.45, 2.75) is 0 Å². The van der Waals surface area contributed by atoms with Gasteiger partial charge in [-0.15, -0.1) is 0 Å². The van der Waals surface area contributed by atoms with Crippen LogP contribution in [0, 0.1) is 0 Å². The first-order valence-corrected chi connectivity index (χ1v) is 15.7. The highest BCUT2D eigenvalue weighted by Gasteiger charge is 2.19. The molecule has 0 saturated carbocycles. The first kappa shape index (κ1) is 27.0. The Morgan fingerprint density at radius 2 is 0.809 bits per heavy atom. The standard InChI is InChI=1S/C43H27N3O/c1-4-12-28(13-5-1)29-20-22-30(23-21-29)36-25-35(26-38-37-24-33-18-10-11-19-34(33)27-39(37)47-40(36)38)43-45-41(31-14-6-2-7-15-31)44-42(46-43)32-16-8-3-9-17-32/h1-27H. The summed E-state index contributed by atoms with van der Waals surface area (Å²) in [5.74, 6) is 1.87. The van der Waals surface area contributed by atoms with E-state index in [1.165, 1.54) is 10.9 Å². The lowest BCUT2D eigenvalue weighted by molar-refractivity contribution is 0.670. The molecule has 4 heteroatoms. The Labute approximate surface area is 271 Å². The quantitative estimate of drug-likeness (QED) is 0.197. The van der Waals surface area contributed by atoms with Crippen molar-refractivity contribution in [1.82, 2.24) is 15.0 Å². The van der Waals surface area contributed by atoms with Crippen LogP contribution in [0.15, 0.2) is 168 Å². The Bertz CT molecular complexity index is 2480. The maximum absolute atomic E-state index is 6.68. The highest BCUT2D eigenvalue weighted by molar-refractivity contribution is 6.14. The van der Waals surface area contributed by atoms with Crippen molar-refractivity contribution >= 4 is 32.7 Å². The maximum atomic E-state index is 6.68. The van der Waals surface area contributed by atoms with Crippen molar-refractivity contribution in [3.8, 4) is 56.4 Å². The molecular formula is C43H27N3O. The van der Waals surface area contributed by atoms with Crippen molar-refractivity contribution in [1.29, 1.82) is 0 Å². The predicted molar refractivity (Wildman–Crippen MR) is 192 cm³/mol. The van der Waals surface area contributed by atoms with Gasteiger partial charge < -0.3 is 4.42 Å². The van der Waals surface area contributed by atoms with Crippen LogP contribution in [-0.2, 0) is 0 Å². The van der Waals surface area contributed by atoms with E-state index in [2.05, 4.69) is 97.1 Å². The summed E-state index contributed by atoms with van der Waals surface area (Å²) in [4.78, 5) is 15.0. The fourth-order valence-corrected chi connectivity index (χ4v) is 6.32. The molecule has 7 aromatic carbocycles. The highest BCUT2D eigenvalue weighted by atomic mass is 16.3. The van der Waals surface area contributed by atoms with E-state index in [-0.39, 0.29) is 0 Å². The Morgan fingerprint density at radius 1 is 0.340 bits per heavy atom. The van der Waals surface area contributed by atoms with Crippen LogP contribution in [0.5, 0.6) is 0 Å². The first-order chi connectivity index (χ1) is 23.3. The predicted octanol–water partition coefficient (Wildman–Crippen LogP) is 11.3. The summed E-state index contributed by atoms with van der Waals surface area (Å²) >= 11 is 0. The average Bonchev–Trinajstić information content (AvgIpc) is 3.51. The van der Waals surface area contributed by atoms with Crippen LogP contribution in [0.3, 0.4) is 0 Å². The van der Waals surface area contributed by atoms with Crippen molar-refractivity contribution in [3.63, 3.8) is 0 Å². The molecule has 0 aliphatic rings. The maximum Gasteiger partial charge on any atom is 0.164 e. The van der Waals surface area contributed by atoms with Crippen LogP contribution < -0.4 is 0 Å². The molecule has 0 aliphatic carbocycles. The van der Waals surface area contributed by atoms with Crippen LogP contribution in [0.2, 0.25) is 0 Å². The number of aromatic nitrogens is 3. The molecule has 0 aliphatic heterocycles. The fraction of sp³-hybridized carbons (Fsp3) is 0. The second kappa shape index (κ2) is 11.2. The van der Waals surface area contributed by atoms with Crippen LogP contribution in [0.25, 0.3) is 89.1 Å². The van der Waals surface area contributed by atoms with Crippen molar-refractivity contribution < 1.29 is 4.42 Å². The van der Waals surface area contributed by atoms with Gasteiger partial charge in [-0.2, -0.15) is 0 Å². The van der Waals surface area contributed by atoms with Gasteiger partial charge in [-0.3, -0.25) is 0 Å². The summed E-state index contributed by atoms with van der Waals surface area (Å²) in [6.07, 6.45) is 0. The monoisotopic (exact) mass is 601 g/mol. The van der Waals surface area contributed by atoms with E-state index in [1.54, 1.807) is 0 Å². The largest absolute Gasteiger partial charge is 0.455 e. The summed E-state index contributed by atoms with van der Waals surface area (Å²) in [6.45, 7) is 0. The smallest absolute Gasteiger partial charge is 0.164 e. The SMILES string of the molecule is c1ccc(-c2ccc(-c3cc(-c4nc(-c5ccccc5)nc(-c5ccccc5)n4)cc4c3oc3cc5ccccc5cc34)cc2)cc1. The van der Waals surface area contributed by atoms with Crippen molar-refractivity contribution in [2.24, 2.45) is 0 Å². The van der Waals surface area contributed by atoms with Gasteiger partial charge >= 0.3 is 0 Å². The fourth-order valence-electron chi connectivity index (χ4n) is 6.32. The second-order valence-corrected chi connectivity index (χ2v) is 11.7. The molecule has 0 unspecified atom stereocenters. The van der Waals surface area contributed by atoms with E-state index in [4.69, 9.17) is 19.4 Å². The normalized spacial score (nSPS) is 11.4. The van der Waals surface area contributed by atoms with Crippen LogP contribution in [0.1, 0.15) is 0 Å². The van der Waals surface area contributed by atoms with E-state index >= 15 is 0 Å². The molecule has 0 spiro atoms. The van der Waals surface area contributed by atoms with Gasteiger partial charge in [0.2, 0.25) is 0 Å². The van der Waals surface area contributed by atoms with E-state index in [0.717, 1.165) is 60.7 Å². The Hall–Kier alpha value is -6.39. The van der Waals surface area contributed by atoms with Gasteiger partial charge in [0, 0.05) is 33.0 Å². The summed E-state index contributed by atoms with van der Waals surface area (Å²) < 4.78 is 6.68. The number of nitrogens with zero attached hydrogens (tertiary/aromatic N) is 3. The molecule has 0 saturated heterocycles. The summed E-state index contributed by atoms with van der Waals surface area (Å²) in [7, 11) is 0. The van der Waals surface area contributed by atoms with Gasteiger partial charge in [-0.1, -0.05) is 140 Å². The Balaban J connectivity index is 1.30. The topological polar surface area (TPSA) is 51.8 Å². The third-order valence-corrected chi connectivity index (χ3v) is 8.70. The molecule has 0 amide bonds. The molecule has 0 atom stereocenters. The molecule has 2 heterocycles. The molecule has 47 heavy (non-hydrogen) atoms. The van der Waals surface area contributed by atoms with Gasteiger partial charge in [-0.25, -0.2) is 15.0 Å². The summed E-state index contributed by atoms with van der Waals surface area (Å²) in [5, 5.41) is 4.39. The lowest BCUT2D eigenvalue weighted by Gasteiger charge is -2.11. The van der Waals surface area contributed by atoms with Crippen LogP contribution in [-0.4, -0.2) is 15.0 Å². The number of hydrogen-bond acceptors (Lipinski definition) is 4. The lowest BCUT2D eigenvalue weighted by Crippen LogP contribution is -2.00. The van der Waals surface area contributed by atoms with E-state index in [0.29, 0.717) is 17.5 Å². The van der Waals surface area contributed by atoms with Crippen molar-refractivity contribution in [2.75, 3.05) is 0 Å². The minimum absolute atomic E-state index is 0.608. The van der Waals surface area contributed by atoms with Gasteiger partial charge in [0.05, 0.1) is 0 Å². The average molecular weight is 602 g/mol. The molecular weight excluding hydrogens is 574 g/mol. The minimum atomic E-state index is 0.608. The minimum Gasteiger partial charge on any atom is -0.455 e. The molecule has 220 valence electrons. The zero-order valence-electron chi connectivity index (χ0n) is 25.3. The number of hydrogen-bond donors (Lipinski definition) is 0. The first-order valence-electron chi connectivity index (χ1n) is 15.7. The van der Waals surface area contributed by atoms with Gasteiger partial charge in [0.15, 0.2) is 17.5 Å². The molecule has 0 N–H and O–H groups in total. The van der Waals surface area contributed by atoms with Crippen LogP contribution >= 0.6 is 0 Å². The Morgan fingerprint density at radius 3 is 1.40 bits per heavy atom. The number of benzene rings is 7. The van der Waals surface area contributed by atoms with E-state index in [9.17, 15) is 0 Å². The molecule has 0 bridgehead atoms. The zero-order chi connectivity index (χ0) is 31.2. The molecule has 0 fully saturated rings. The zero-order valence-corrected chi connectivity index (χ0v) is 25.3. The van der Waals surface area contributed by atoms with Crippen LogP contribution in [0.4, 0.5) is 0 Å². The van der Waals surface area contributed by atoms with E-state index < -0.39 is 0 Å². The molecule has 9 aromatic rings. The highest BCUT2D eigenvalue weighted by Crippen LogP contribution is 2.41. The number of rotatable bonds is 5. The molecule has 2 aromatic heterocycles. The van der Waals surface area contributed by atoms with Gasteiger partial charge in [0.1, 0.15) is 11.2 Å². The van der Waals surface area contributed by atoms with Gasteiger partial charge in [-0.05, 0) is 51.7 Å². The molecule has 0 radical (unpaired) electrons. The Kier molecular flexibility index (Phi) is 6.43. The van der Waals surface area contributed by atoms with E-state index in [1.807, 2.05) is 66.7 Å². The summed E-state index contributed by atoms with van der Waals surface area (Å²) in [6, 6.07) is 56.3. The molecule has 9 rings (SSSR count). The lowest BCUT2D eigenvalue weighted by atomic mass is 9.96.